The Morgan fingerprint density at radius 2 is 1.86 bits per heavy atom. The zero-order chi connectivity index (χ0) is 25.0. The molecule has 3 aliphatic heterocycles. The van der Waals surface area contributed by atoms with Crippen molar-refractivity contribution in [1.29, 1.82) is 0 Å². The molecule has 3 saturated heterocycles. The normalized spacial score (nSPS) is 27.0. The number of nitrogens with zero attached hydrogens (tertiary/aromatic N) is 2. The van der Waals surface area contributed by atoms with Crippen LogP contribution in [0.1, 0.15) is 0 Å². The number of nitrogens with one attached hydrogen (secondary N) is 1. The fourth-order valence-electron chi connectivity index (χ4n) is 5.01. The number of H-pyrrole nitrogens is 1. The molecule has 2 aromatic heterocycles. The molecule has 0 saturated carbocycles. The van der Waals surface area contributed by atoms with Crippen LogP contribution in [0.15, 0.2) is 29.2 Å². The number of benzene rings is 1. The van der Waals surface area contributed by atoms with Crippen molar-refractivity contribution in [1.82, 2.24) is 9.97 Å². The maximum atomic E-state index is 15.2. The van der Waals surface area contributed by atoms with Crippen LogP contribution in [0, 0.1) is 11.6 Å². The van der Waals surface area contributed by atoms with Crippen molar-refractivity contribution in [2.75, 3.05) is 50.7 Å². The average molecular weight is 522 g/mol. The number of aliphatic hydroxyl groups excluding tert-OH is 1. The van der Waals surface area contributed by atoms with Gasteiger partial charge in [0.15, 0.2) is 6.10 Å². The summed E-state index contributed by atoms with van der Waals surface area (Å²) in [6.07, 6.45) is -0.710. The van der Waals surface area contributed by atoms with Gasteiger partial charge >= 0.3 is 0 Å². The number of rotatable bonds is 5. The Hall–Kier alpha value is -2.48. The number of fused-ring (bicyclic) bond motifs is 2. The first-order valence-corrected chi connectivity index (χ1v) is 13.2. The number of anilines is 1. The minimum absolute atomic E-state index is 0.0785. The molecule has 3 aromatic rings. The van der Waals surface area contributed by atoms with E-state index in [1.54, 1.807) is 6.07 Å². The molecule has 192 valence electrons. The number of ether oxygens (including phenoxy) is 4. The minimum atomic E-state index is -1.54. The molecule has 6 rings (SSSR count). The van der Waals surface area contributed by atoms with E-state index in [0.717, 1.165) is 0 Å². The van der Waals surface area contributed by atoms with Crippen LogP contribution in [0.4, 0.5) is 14.5 Å². The topological polar surface area (TPSA) is 112 Å². The van der Waals surface area contributed by atoms with Crippen LogP contribution in [0.3, 0.4) is 0 Å². The molecular formula is C24H25F2N3O6S. The molecule has 0 spiro atoms. The second-order valence-corrected chi connectivity index (χ2v) is 10.3. The van der Waals surface area contributed by atoms with Crippen LogP contribution in [0.5, 0.6) is 5.88 Å². The third-order valence-electron chi connectivity index (χ3n) is 6.76. The SMILES string of the molecule is C[S+]([O-])c1c(O[C@@H]2CO[C@H]3[C@@H]2OC[C@H]3O)[nH]c2ccc(-c3c(F)cc(N4CCOCC4)cc3F)nc12. The number of aromatic amines is 1. The van der Waals surface area contributed by atoms with Crippen molar-refractivity contribution in [3.8, 4) is 17.1 Å². The summed E-state index contributed by atoms with van der Waals surface area (Å²) in [5.41, 5.74) is 1.07. The number of morpholine rings is 1. The van der Waals surface area contributed by atoms with E-state index >= 15 is 8.78 Å². The van der Waals surface area contributed by atoms with E-state index in [-0.39, 0.29) is 35.2 Å². The average Bonchev–Trinajstić information content (AvgIpc) is 3.54. The number of pyridine rings is 1. The summed E-state index contributed by atoms with van der Waals surface area (Å²) >= 11 is -1.54. The second kappa shape index (κ2) is 9.43. The molecule has 0 aliphatic carbocycles. The van der Waals surface area contributed by atoms with Gasteiger partial charge in [0.05, 0.1) is 43.2 Å². The smallest absolute Gasteiger partial charge is 0.251 e. The first-order valence-electron chi connectivity index (χ1n) is 11.7. The largest absolute Gasteiger partial charge is 0.611 e. The zero-order valence-electron chi connectivity index (χ0n) is 19.4. The van der Waals surface area contributed by atoms with E-state index in [0.29, 0.717) is 43.0 Å². The third-order valence-corrected chi connectivity index (χ3v) is 7.72. The van der Waals surface area contributed by atoms with Crippen molar-refractivity contribution >= 4 is 27.9 Å². The molecule has 0 bridgehead atoms. The molecule has 1 aromatic carbocycles. The quantitative estimate of drug-likeness (QED) is 0.491. The monoisotopic (exact) mass is 521 g/mol. The lowest BCUT2D eigenvalue weighted by molar-refractivity contribution is 0.00739. The molecule has 0 radical (unpaired) electrons. The molecule has 1 unspecified atom stereocenters. The van der Waals surface area contributed by atoms with Gasteiger partial charge in [0.25, 0.3) is 5.88 Å². The van der Waals surface area contributed by atoms with Gasteiger partial charge < -0.3 is 38.5 Å². The van der Waals surface area contributed by atoms with Crippen LogP contribution in [0.2, 0.25) is 0 Å². The molecule has 5 heterocycles. The summed E-state index contributed by atoms with van der Waals surface area (Å²) in [5.74, 6) is -1.25. The van der Waals surface area contributed by atoms with Crippen molar-refractivity contribution in [3.63, 3.8) is 0 Å². The van der Waals surface area contributed by atoms with Crippen molar-refractivity contribution < 1.29 is 37.4 Å². The fraction of sp³-hybridized carbons (Fsp3) is 0.458. The van der Waals surface area contributed by atoms with E-state index < -0.39 is 47.2 Å². The zero-order valence-corrected chi connectivity index (χ0v) is 20.2. The van der Waals surface area contributed by atoms with Crippen LogP contribution in [-0.2, 0) is 25.4 Å². The lowest BCUT2D eigenvalue weighted by Gasteiger charge is -2.29. The Morgan fingerprint density at radius 1 is 1.14 bits per heavy atom. The first-order chi connectivity index (χ1) is 17.4. The van der Waals surface area contributed by atoms with Gasteiger partial charge in [-0.3, -0.25) is 0 Å². The molecule has 0 amide bonds. The van der Waals surface area contributed by atoms with Gasteiger partial charge in [0.1, 0.15) is 41.7 Å². The maximum absolute atomic E-state index is 15.2. The van der Waals surface area contributed by atoms with Crippen molar-refractivity contribution in [2.24, 2.45) is 0 Å². The fourth-order valence-corrected chi connectivity index (χ4v) is 5.80. The summed E-state index contributed by atoms with van der Waals surface area (Å²) in [4.78, 5) is 9.70. The number of halogens is 2. The van der Waals surface area contributed by atoms with E-state index in [4.69, 9.17) is 18.9 Å². The predicted molar refractivity (Wildman–Crippen MR) is 127 cm³/mol. The van der Waals surface area contributed by atoms with Gasteiger partial charge in [-0.2, -0.15) is 0 Å². The third kappa shape index (κ3) is 4.11. The highest BCUT2D eigenvalue weighted by Gasteiger charge is 2.49. The summed E-state index contributed by atoms with van der Waals surface area (Å²) in [7, 11) is 0. The molecule has 12 heteroatoms. The summed E-state index contributed by atoms with van der Waals surface area (Å²) in [6.45, 7) is 2.46. The summed E-state index contributed by atoms with van der Waals surface area (Å²) in [5, 5.41) is 9.97. The Morgan fingerprint density at radius 3 is 2.58 bits per heavy atom. The first kappa shape index (κ1) is 23.9. The maximum Gasteiger partial charge on any atom is 0.251 e. The lowest BCUT2D eigenvalue weighted by atomic mass is 10.1. The number of aliphatic hydroxyl groups is 1. The van der Waals surface area contributed by atoms with Crippen molar-refractivity contribution in [2.45, 2.75) is 29.3 Å². The molecular weight excluding hydrogens is 496 g/mol. The van der Waals surface area contributed by atoms with Crippen LogP contribution >= 0.6 is 0 Å². The Balaban J connectivity index is 1.34. The van der Waals surface area contributed by atoms with Gasteiger partial charge in [-0.15, -0.1) is 0 Å². The molecule has 9 nitrogen and oxygen atoms in total. The standard InChI is InChI=1S/C24H25F2N3O6S/c1-36(31)23-20-16(28-24(23)35-18-11-34-21-17(30)10-33-22(18)21)3-2-15(27-20)19-13(25)8-12(9-14(19)26)29-4-6-32-7-5-29/h2-3,8-9,17-18,21-22,28,30H,4-7,10-11H2,1H3/t17-,18-,21-,22-,36?/m1/s1. The number of aromatic nitrogens is 2. The van der Waals surface area contributed by atoms with Crippen LogP contribution in [0.25, 0.3) is 22.3 Å². The summed E-state index contributed by atoms with van der Waals surface area (Å²) < 4.78 is 65.6. The van der Waals surface area contributed by atoms with Gasteiger partial charge in [-0.05, 0) is 35.4 Å². The van der Waals surface area contributed by atoms with E-state index in [2.05, 4.69) is 9.97 Å². The predicted octanol–water partition coefficient (Wildman–Crippen LogP) is 1.99. The van der Waals surface area contributed by atoms with Gasteiger partial charge in [0.2, 0.25) is 4.90 Å². The van der Waals surface area contributed by atoms with E-state index in [1.165, 1.54) is 24.5 Å². The highest BCUT2D eigenvalue weighted by molar-refractivity contribution is 7.91. The van der Waals surface area contributed by atoms with E-state index in [9.17, 15) is 9.66 Å². The second-order valence-electron chi connectivity index (χ2n) is 9.03. The molecule has 3 fully saturated rings. The Bertz CT molecular complexity index is 1260. The van der Waals surface area contributed by atoms with E-state index in [1.807, 2.05) is 4.90 Å². The molecule has 5 atom stereocenters. The number of hydrogen-bond donors (Lipinski definition) is 2. The van der Waals surface area contributed by atoms with Gasteiger partial charge in [-0.1, -0.05) is 0 Å². The highest BCUT2D eigenvalue weighted by atomic mass is 32.2. The van der Waals surface area contributed by atoms with Gasteiger partial charge in [0, 0.05) is 18.8 Å². The Kier molecular flexibility index (Phi) is 6.26. The van der Waals surface area contributed by atoms with Crippen molar-refractivity contribution in [3.05, 3.63) is 35.9 Å². The highest BCUT2D eigenvalue weighted by Crippen LogP contribution is 2.37. The number of hydrogen-bond acceptors (Lipinski definition) is 8. The Labute approximate surface area is 208 Å². The van der Waals surface area contributed by atoms with Crippen LogP contribution in [-0.4, -0.2) is 89.8 Å². The lowest BCUT2D eigenvalue weighted by Crippen LogP contribution is -2.36. The minimum Gasteiger partial charge on any atom is -0.611 e. The van der Waals surface area contributed by atoms with Crippen LogP contribution < -0.4 is 9.64 Å². The molecule has 3 aliphatic rings. The summed E-state index contributed by atoms with van der Waals surface area (Å²) in [6, 6.07) is 5.73. The van der Waals surface area contributed by atoms with Gasteiger partial charge in [-0.25, -0.2) is 13.8 Å². The molecule has 2 N–H and O–H groups in total. The molecule has 36 heavy (non-hydrogen) atoms.